The fraction of sp³-hybridized carbons (Fsp3) is 0.500. The second-order valence-corrected chi connectivity index (χ2v) is 3.08. The standard InChI is InChI=1S/C10H18N2/c1-5-6-10(8(2)3)12-7-9(4)11/h5-8H,11H2,1-4H3/b6-5-,9-7-,12-10+. The van der Waals surface area contributed by atoms with E-state index < -0.39 is 0 Å². The highest BCUT2D eigenvalue weighted by atomic mass is 14.7. The summed E-state index contributed by atoms with van der Waals surface area (Å²) in [5, 5.41) is 0. The van der Waals surface area contributed by atoms with Gasteiger partial charge >= 0.3 is 0 Å². The molecular weight excluding hydrogens is 148 g/mol. The monoisotopic (exact) mass is 166 g/mol. The van der Waals surface area contributed by atoms with Crippen molar-refractivity contribution in [1.82, 2.24) is 0 Å². The molecule has 0 heterocycles. The minimum absolute atomic E-state index is 0.441. The minimum Gasteiger partial charge on any atom is -0.401 e. The Balaban J connectivity index is 4.50. The third-order valence-electron chi connectivity index (χ3n) is 1.35. The molecule has 2 N–H and O–H groups in total. The van der Waals surface area contributed by atoms with Gasteiger partial charge in [-0.3, -0.25) is 4.99 Å². The second kappa shape index (κ2) is 5.58. The van der Waals surface area contributed by atoms with Gasteiger partial charge in [-0.2, -0.15) is 0 Å². The fourth-order valence-corrected chi connectivity index (χ4v) is 0.732. The third-order valence-corrected chi connectivity index (χ3v) is 1.35. The summed E-state index contributed by atoms with van der Waals surface area (Å²) in [5.41, 5.74) is 7.26. The molecular formula is C10H18N2. The maximum absolute atomic E-state index is 5.47. The van der Waals surface area contributed by atoms with Gasteiger partial charge in [-0.15, -0.1) is 0 Å². The maximum Gasteiger partial charge on any atom is 0.0455 e. The van der Waals surface area contributed by atoms with Crippen LogP contribution in [0.5, 0.6) is 0 Å². The van der Waals surface area contributed by atoms with Crippen molar-refractivity contribution in [2.75, 3.05) is 0 Å². The first kappa shape index (κ1) is 11.0. The van der Waals surface area contributed by atoms with Crippen LogP contribution in [0.15, 0.2) is 29.0 Å². The Morgan fingerprint density at radius 3 is 2.33 bits per heavy atom. The van der Waals surface area contributed by atoms with Crippen molar-refractivity contribution in [2.45, 2.75) is 27.7 Å². The Morgan fingerprint density at radius 2 is 2.00 bits per heavy atom. The first-order valence-corrected chi connectivity index (χ1v) is 4.20. The van der Waals surface area contributed by atoms with Crippen molar-refractivity contribution in [2.24, 2.45) is 16.6 Å². The van der Waals surface area contributed by atoms with Gasteiger partial charge in [0.25, 0.3) is 0 Å². The third kappa shape index (κ3) is 4.72. The van der Waals surface area contributed by atoms with E-state index in [4.69, 9.17) is 5.73 Å². The normalized spacial score (nSPS) is 14.8. The summed E-state index contributed by atoms with van der Waals surface area (Å²) in [6.07, 6.45) is 5.68. The van der Waals surface area contributed by atoms with Crippen molar-refractivity contribution in [3.63, 3.8) is 0 Å². The van der Waals surface area contributed by atoms with E-state index >= 15 is 0 Å². The zero-order valence-electron chi connectivity index (χ0n) is 8.33. The molecule has 0 spiro atoms. The van der Waals surface area contributed by atoms with E-state index in [2.05, 4.69) is 18.8 Å². The Labute approximate surface area is 74.9 Å². The number of nitrogens with two attached hydrogens (primary N) is 1. The molecule has 2 nitrogen and oxygen atoms in total. The van der Waals surface area contributed by atoms with Crippen LogP contribution in [0.25, 0.3) is 0 Å². The number of allylic oxidation sites excluding steroid dienone is 3. The highest BCUT2D eigenvalue weighted by Gasteiger charge is 1.98. The van der Waals surface area contributed by atoms with Crippen molar-refractivity contribution < 1.29 is 0 Å². The topological polar surface area (TPSA) is 38.4 Å². The molecule has 0 atom stereocenters. The predicted molar refractivity (Wildman–Crippen MR) is 55.0 cm³/mol. The molecule has 0 aromatic rings. The van der Waals surface area contributed by atoms with Gasteiger partial charge in [-0.05, 0) is 25.8 Å². The quantitative estimate of drug-likeness (QED) is 0.643. The lowest BCUT2D eigenvalue weighted by Crippen LogP contribution is -2.03. The highest BCUT2D eigenvalue weighted by Crippen LogP contribution is 2.00. The van der Waals surface area contributed by atoms with E-state index in [9.17, 15) is 0 Å². The van der Waals surface area contributed by atoms with Crippen LogP contribution < -0.4 is 5.73 Å². The summed E-state index contributed by atoms with van der Waals surface area (Å²) < 4.78 is 0. The molecule has 68 valence electrons. The number of nitrogens with zero attached hydrogens (tertiary/aromatic N) is 1. The molecule has 0 aromatic heterocycles. The van der Waals surface area contributed by atoms with Crippen molar-refractivity contribution >= 4 is 5.71 Å². The molecule has 0 saturated carbocycles. The summed E-state index contributed by atoms with van der Waals surface area (Å²) in [5.74, 6) is 0.441. The largest absolute Gasteiger partial charge is 0.401 e. The van der Waals surface area contributed by atoms with Crippen LogP contribution in [0.2, 0.25) is 0 Å². The lowest BCUT2D eigenvalue weighted by Gasteiger charge is -2.02. The van der Waals surface area contributed by atoms with Crippen molar-refractivity contribution in [3.05, 3.63) is 24.0 Å². The van der Waals surface area contributed by atoms with Gasteiger partial charge in [0.05, 0.1) is 0 Å². The summed E-state index contributed by atoms with van der Waals surface area (Å²) in [6, 6.07) is 0. The van der Waals surface area contributed by atoms with E-state index in [-0.39, 0.29) is 0 Å². The van der Waals surface area contributed by atoms with E-state index in [0.717, 1.165) is 11.4 Å². The lowest BCUT2D eigenvalue weighted by molar-refractivity contribution is 0.888. The van der Waals surface area contributed by atoms with Crippen LogP contribution in [-0.4, -0.2) is 5.71 Å². The van der Waals surface area contributed by atoms with Crippen molar-refractivity contribution in [3.8, 4) is 0 Å². The Bertz CT molecular complexity index is 206. The van der Waals surface area contributed by atoms with E-state index in [1.54, 1.807) is 6.20 Å². The summed E-state index contributed by atoms with van der Waals surface area (Å²) in [7, 11) is 0. The lowest BCUT2D eigenvalue weighted by atomic mass is 10.1. The number of rotatable bonds is 3. The molecule has 0 aliphatic heterocycles. The Kier molecular flexibility index (Phi) is 5.09. The SMILES string of the molecule is C\C=C/C(=N\C=C(\C)N)C(C)C. The molecule has 0 aliphatic carbocycles. The molecule has 2 heteroatoms. The summed E-state index contributed by atoms with van der Waals surface area (Å²) in [4.78, 5) is 4.26. The fourth-order valence-electron chi connectivity index (χ4n) is 0.732. The van der Waals surface area contributed by atoms with Gasteiger partial charge in [0.15, 0.2) is 0 Å². The minimum atomic E-state index is 0.441. The molecule has 0 amide bonds. The van der Waals surface area contributed by atoms with Gasteiger partial charge in [-0.1, -0.05) is 19.9 Å². The number of hydrogen-bond acceptors (Lipinski definition) is 2. The Morgan fingerprint density at radius 1 is 1.42 bits per heavy atom. The average Bonchev–Trinajstić information content (AvgIpc) is 1.96. The van der Waals surface area contributed by atoms with Gasteiger partial charge < -0.3 is 5.73 Å². The number of hydrogen-bond donors (Lipinski definition) is 1. The van der Waals surface area contributed by atoms with Crippen LogP contribution in [-0.2, 0) is 0 Å². The van der Waals surface area contributed by atoms with Crippen LogP contribution in [0.4, 0.5) is 0 Å². The molecule has 12 heavy (non-hydrogen) atoms. The molecule has 0 radical (unpaired) electrons. The second-order valence-electron chi connectivity index (χ2n) is 3.08. The molecule has 0 rings (SSSR count). The van der Waals surface area contributed by atoms with Crippen LogP contribution in [0, 0.1) is 5.92 Å². The van der Waals surface area contributed by atoms with Gasteiger partial charge in [0.2, 0.25) is 0 Å². The smallest absolute Gasteiger partial charge is 0.0455 e. The first-order chi connectivity index (χ1) is 5.57. The van der Waals surface area contributed by atoms with E-state index in [1.807, 2.05) is 26.0 Å². The van der Waals surface area contributed by atoms with Crippen LogP contribution in [0.1, 0.15) is 27.7 Å². The molecule has 0 aromatic carbocycles. The Hall–Kier alpha value is -1.05. The van der Waals surface area contributed by atoms with E-state index in [1.165, 1.54) is 0 Å². The van der Waals surface area contributed by atoms with Crippen LogP contribution in [0.3, 0.4) is 0 Å². The van der Waals surface area contributed by atoms with Crippen molar-refractivity contribution in [1.29, 1.82) is 0 Å². The molecule has 0 unspecified atom stereocenters. The predicted octanol–water partition coefficient (Wildman–Crippen LogP) is 2.48. The zero-order valence-corrected chi connectivity index (χ0v) is 8.33. The average molecular weight is 166 g/mol. The molecule has 0 bridgehead atoms. The zero-order chi connectivity index (χ0) is 9.56. The molecule has 0 saturated heterocycles. The maximum atomic E-state index is 5.47. The molecule has 0 aliphatic rings. The number of aliphatic imine (C=N–C) groups is 1. The first-order valence-electron chi connectivity index (χ1n) is 4.20. The van der Waals surface area contributed by atoms with Gasteiger partial charge in [0.1, 0.15) is 0 Å². The summed E-state index contributed by atoms with van der Waals surface area (Å²) in [6.45, 7) is 8.03. The molecule has 0 fully saturated rings. The van der Waals surface area contributed by atoms with Crippen LogP contribution >= 0.6 is 0 Å². The van der Waals surface area contributed by atoms with Gasteiger partial charge in [0, 0.05) is 17.6 Å². The summed E-state index contributed by atoms with van der Waals surface area (Å²) >= 11 is 0. The van der Waals surface area contributed by atoms with E-state index in [0.29, 0.717) is 5.92 Å². The van der Waals surface area contributed by atoms with Gasteiger partial charge in [-0.25, -0.2) is 0 Å². The highest BCUT2D eigenvalue weighted by molar-refractivity contribution is 5.96.